The van der Waals surface area contributed by atoms with Crippen LogP contribution >= 0.6 is 11.6 Å². The molecule has 1 heterocycles. The molecule has 160 valence electrons. The van der Waals surface area contributed by atoms with Crippen molar-refractivity contribution in [2.75, 3.05) is 4.90 Å². The van der Waals surface area contributed by atoms with E-state index in [-0.39, 0.29) is 11.3 Å². The van der Waals surface area contributed by atoms with Gasteiger partial charge in [-0.15, -0.1) is 0 Å². The Hall–Kier alpha value is -3.81. The molecule has 0 saturated heterocycles. The first-order chi connectivity index (χ1) is 16.8. The first-order valence-electron chi connectivity index (χ1n) is 11.8. The zero-order valence-electron chi connectivity index (χ0n) is 18.4. The van der Waals surface area contributed by atoms with Crippen molar-refractivity contribution in [2.45, 2.75) is 11.3 Å². The van der Waals surface area contributed by atoms with Crippen LogP contribution in [-0.4, -0.2) is 0 Å². The highest BCUT2D eigenvalue weighted by molar-refractivity contribution is 6.33. The van der Waals surface area contributed by atoms with Crippen molar-refractivity contribution in [2.24, 2.45) is 0 Å². The van der Waals surface area contributed by atoms with Crippen molar-refractivity contribution in [3.8, 4) is 0 Å². The molecule has 0 N–H and O–H groups in total. The maximum absolute atomic E-state index is 6.81. The molecule has 2 heteroatoms. The van der Waals surface area contributed by atoms with Crippen LogP contribution in [0, 0.1) is 0 Å². The van der Waals surface area contributed by atoms with Crippen molar-refractivity contribution in [3.63, 3.8) is 0 Å². The van der Waals surface area contributed by atoms with E-state index in [9.17, 15) is 0 Å². The highest BCUT2D eigenvalue weighted by Crippen LogP contribution is 2.67. The molecule has 1 nitrogen and oxygen atoms in total. The second kappa shape index (κ2) is 6.40. The largest absolute Gasteiger partial charge is 0.308 e. The molecule has 9 rings (SSSR count). The van der Waals surface area contributed by atoms with E-state index in [1.165, 1.54) is 50.3 Å². The third-order valence-corrected chi connectivity index (χ3v) is 8.32. The summed E-state index contributed by atoms with van der Waals surface area (Å²) < 4.78 is 0. The van der Waals surface area contributed by atoms with E-state index in [2.05, 4.69) is 108 Å². The van der Waals surface area contributed by atoms with Crippen LogP contribution in [0.2, 0.25) is 5.02 Å². The van der Waals surface area contributed by atoms with Crippen LogP contribution in [0.5, 0.6) is 0 Å². The van der Waals surface area contributed by atoms with Crippen LogP contribution in [0.25, 0.3) is 0 Å². The second-order valence-electron chi connectivity index (χ2n) is 9.40. The molecule has 0 unspecified atom stereocenters. The summed E-state index contributed by atoms with van der Waals surface area (Å²) in [5.41, 5.74) is 12.9. The van der Waals surface area contributed by atoms with Crippen LogP contribution in [0.4, 0.5) is 17.1 Å². The van der Waals surface area contributed by atoms with Crippen LogP contribution in [0.1, 0.15) is 44.9 Å². The molecule has 34 heavy (non-hydrogen) atoms. The molecule has 5 aromatic rings. The number of hydrogen-bond donors (Lipinski definition) is 0. The molecule has 3 aliphatic carbocycles. The highest BCUT2D eigenvalue weighted by atomic mass is 35.5. The standard InChI is InChI=1S/C32H20ClN/c33-26-16-6-8-18-28(26)34-27-17-7-5-15-25(27)32-23-13-3-1-10-20(23)30(21-11-2-4-14-24(21)32)22-12-9-19-29(34)31(22)32/h1-19,30H. The zero-order chi connectivity index (χ0) is 22.4. The minimum absolute atomic E-state index is 0.239. The summed E-state index contributed by atoms with van der Waals surface area (Å²) in [4.78, 5) is 2.37. The van der Waals surface area contributed by atoms with Crippen LogP contribution < -0.4 is 4.90 Å². The fraction of sp³-hybridized carbons (Fsp3) is 0.0625. The molecule has 1 spiro atoms. The zero-order valence-corrected chi connectivity index (χ0v) is 19.1. The maximum atomic E-state index is 6.81. The molecule has 2 bridgehead atoms. The third kappa shape index (κ3) is 2.00. The topological polar surface area (TPSA) is 3.24 Å². The molecular weight excluding hydrogens is 434 g/mol. The summed E-state index contributed by atoms with van der Waals surface area (Å²) in [7, 11) is 0. The van der Waals surface area contributed by atoms with Gasteiger partial charge in [-0.05, 0) is 63.2 Å². The number of benzene rings is 5. The lowest BCUT2D eigenvalue weighted by Gasteiger charge is -2.55. The van der Waals surface area contributed by atoms with E-state index in [0.29, 0.717) is 0 Å². The normalized spacial score (nSPS) is 20.3. The Labute approximate surface area is 203 Å². The molecule has 5 aromatic carbocycles. The Morgan fingerprint density at radius 1 is 0.500 bits per heavy atom. The van der Waals surface area contributed by atoms with Gasteiger partial charge in [-0.1, -0.05) is 103 Å². The lowest BCUT2D eigenvalue weighted by molar-refractivity contribution is 0.622. The van der Waals surface area contributed by atoms with Gasteiger partial charge in [0.15, 0.2) is 0 Å². The van der Waals surface area contributed by atoms with E-state index in [4.69, 9.17) is 11.6 Å². The number of fused-ring (bicyclic) bond motifs is 1. The molecule has 4 aliphatic rings. The summed E-state index contributed by atoms with van der Waals surface area (Å²) in [5, 5.41) is 0.757. The molecule has 0 aromatic heterocycles. The molecule has 1 aliphatic heterocycles. The number of rotatable bonds is 1. The summed E-state index contributed by atoms with van der Waals surface area (Å²) >= 11 is 6.81. The van der Waals surface area contributed by atoms with Gasteiger partial charge in [0.05, 0.1) is 27.5 Å². The predicted octanol–water partition coefficient (Wildman–Crippen LogP) is 8.31. The average Bonchev–Trinajstić information content (AvgIpc) is 2.90. The lowest BCUT2D eigenvalue weighted by Crippen LogP contribution is -2.46. The Balaban J connectivity index is 1.60. The van der Waals surface area contributed by atoms with Crippen molar-refractivity contribution in [3.05, 3.63) is 159 Å². The smallest absolute Gasteiger partial charge is 0.0751 e. The number of hydrogen-bond acceptors (Lipinski definition) is 1. The van der Waals surface area contributed by atoms with E-state index in [1.54, 1.807) is 0 Å². The highest BCUT2D eigenvalue weighted by Gasteiger charge is 2.57. The molecule has 0 fully saturated rings. The second-order valence-corrected chi connectivity index (χ2v) is 9.81. The Bertz CT molecular complexity index is 1600. The summed E-state index contributed by atoms with van der Waals surface area (Å²) in [6.07, 6.45) is 0. The van der Waals surface area contributed by atoms with Crippen molar-refractivity contribution >= 4 is 28.7 Å². The van der Waals surface area contributed by atoms with Gasteiger partial charge in [0, 0.05) is 5.92 Å². The molecular formula is C32H20ClN. The first kappa shape index (κ1) is 18.6. The number of halogens is 1. The summed E-state index contributed by atoms with van der Waals surface area (Å²) in [5.74, 6) is 0.239. The van der Waals surface area contributed by atoms with Crippen LogP contribution in [-0.2, 0) is 5.41 Å². The van der Waals surface area contributed by atoms with E-state index >= 15 is 0 Å². The molecule has 0 atom stereocenters. The van der Waals surface area contributed by atoms with Gasteiger partial charge in [0.2, 0.25) is 0 Å². The first-order valence-corrected chi connectivity index (χ1v) is 12.2. The van der Waals surface area contributed by atoms with Crippen molar-refractivity contribution in [1.82, 2.24) is 0 Å². The predicted molar refractivity (Wildman–Crippen MR) is 139 cm³/mol. The number of para-hydroxylation sites is 2. The van der Waals surface area contributed by atoms with Crippen molar-refractivity contribution in [1.29, 1.82) is 0 Å². The Morgan fingerprint density at radius 2 is 1.03 bits per heavy atom. The summed E-state index contributed by atoms with van der Waals surface area (Å²) in [6.45, 7) is 0. The van der Waals surface area contributed by atoms with Crippen molar-refractivity contribution < 1.29 is 0 Å². The molecule has 0 radical (unpaired) electrons. The van der Waals surface area contributed by atoms with Gasteiger partial charge in [0.1, 0.15) is 0 Å². The lowest BCUT2D eigenvalue weighted by atomic mass is 9.49. The van der Waals surface area contributed by atoms with Gasteiger partial charge in [-0.2, -0.15) is 0 Å². The minimum Gasteiger partial charge on any atom is -0.308 e. The van der Waals surface area contributed by atoms with Gasteiger partial charge in [-0.3, -0.25) is 0 Å². The SMILES string of the molecule is Clc1ccccc1N1c2ccccc2C23c4ccccc4C(c4ccccc42)c2cccc1c23. The number of nitrogens with zero attached hydrogens (tertiary/aromatic N) is 1. The van der Waals surface area contributed by atoms with Gasteiger partial charge < -0.3 is 4.90 Å². The fourth-order valence-electron chi connectivity index (χ4n) is 6.92. The fourth-order valence-corrected chi connectivity index (χ4v) is 7.14. The maximum Gasteiger partial charge on any atom is 0.0751 e. The van der Waals surface area contributed by atoms with Crippen LogP contribution in [0.15, 0.2) is 115 Å². The van der Waals surface area contributed by atoms with Gasteiger partial charge in [0.25, 0.3) is 0 Å². The number of anilines is 3. The Kier molecular flexibility index (Phi) is 3.50. The minimum atomic E-state index is -0.345. The van der Waals surface area contributed by atoms with Gasteiger partial charge in [-0.25, -0.2) is 0 Å². The van der Waals surface area contributed by atoms with E-state index in [1.807, 2.05) is 12.1 Å². The van der Waals surface area contributed by atoms with Gasteiger partial charge >= 0.3 is 0 Å². The van der Waals surface area contributed by atoms with E-state index in [0.717, 1.165) is 10.7 Å². The third-order valence-electron chi connectivity index (χ3n) is 8.00. The van der Waals surface area contributed by atoms with Crippen LogP contribution in [0.3, 0.4) is 0 Å². The quantitative estimate of drug-likeness (QED) is 0.241. The molecule has 0 amide bonds. The molecule has 0 saturated carbocycles. The van der Waals surface area contributed by atoms with E-state index < -0.39 is 0 Å². The Morgan fingerprint density at radius 3 is 1.74 bits per heavy atom. The average molecular weight is 454 g/mol. The summed E-state index contributed by atoms with van der Waals surface area (Å²) in [6, 6.07) is 42.0. The monoisotopic (exact) mass is 453 g/mol.